The van der Waals surface area contributed by atoms with Crippen molar-refractivity contribution in [2.45, 2.75) is 38.1 Å². The molecule has 0 aromatic rings. The molecule has 5 heteroatoms. The van der Waals surface area contributed by atoms with Crippen molar-refractivity contribution in [1.29, 1.82) is 0 Å². The second-order valence-electron chi connectivity index (χ2n) is 6.46. The van der Waals surface area contributed by atoms with E-state index in [1.54, 1.807) is 0 Å². The van der Waals surface area contributed by atoms with Gasteiger partial charge < -0.3 is 10.2 Å². The predicted octanol–water partition coefficient (Wildman–Crippen LogP) is 1.37. The SMILES string of the molecule is O=C(CN[C@H]1CC[C@H](CN2CCSC2)C1)N1CCCC1. The first-order chi connectivity index (χ1) is 9.81. The van der Waals surface area contributed by atoms with E-state index < -0.39 is 0 Å². The van der Waals surface area contributed by atoms with E-state index in [0.29, 0.717) is 18.5 Å². The Morgan fingerprint density at radius 1 is 1.20 bits per heavy atom. The van der Waals surface area contributed by atoms with Crippen molar-refractivity contribution >= 4 is 17.7 Å². The number of hydrogen-bond acceptors (Lipinski definition) is 4. The molecule has 0 unspecified atom stereocenters. The van der Waals surface area contributed by atoms with Gasteiger partial charge in [-0.1, -0.05) is 0 Å². The lowest BCUT2D eigenvalue weighted by molar-refractivity contribution is -0.129. The van der Waals surface area contributed by atoms with Crippen LogP contribution >= 0.6 is 11.8 Å². The summed E-state index contributed by atoms with van der Waals surface area (Å²) in [6.45, 7) is 5.04. The zero-order valence-electron chi connectivity index (χ0n) is 12.4. The van der Waals surface area contributed by atoms with E-state index in [1.165, 1.54) is 56.8 Å². The van der Waals surface area contributed by atoms with Crippen molar-refractivity contribution in [2.24, 2.45) is 5.92 Å². The molecule has 1 amide bonds. The van der Waals surface area contributed by atoms with Crippen molar-refractivity contribution in [2.75, 3.05) is 44.4 Å². The highest BCUT2D eigenvalue weighted by Crippen LogP contribution is 2.28. The first kappa shape index (κ1) is 14.7. The topological polar surface area (TPSA) is 35.6 Å². The van der Waals surface area contributed by atoms with Gasteiger partial charge in [-0.15, -0.1) is 11.8 Å². The number of hydrogen-bond donors (Lipinski definition) is 1. The monoisotopic (exact) mass is 297 g/mol. The standard InChI is InChI=1S/C15H27N3OS/c19-15(18-5-1-2-6-18)10-16-14-4-3-13(9-14)11-17-7-8-20-12-17/h13-14,16H,1-12H2/t13-,14-/m0/s1. The van der Waals surface area contributed by atoms with Crippen molar-refractivity contribution < 1.29 is 4.79 Å². The zero-order valence-corrected chi connectivity index (χ0v) is 13.2. The third kappa shape index (κ3) is 3.89. The van der Waals surface area contributed by atoms with Crippen LogP contribution in [0.15, 0.2) is 0 Å². The first-order valence-electron chi connectivity index (χ1n) is 8.12. The Morgan fingerprint density at radius 2 is 2.05 bits per heavy atom. The quantitative estimate of drug-likeness (QED) is 0.831. The zero-order chi connectivity index (χ0) is 13.8. The number of nitrogens with zero attached hydrogens (tertiary/aromatic N) is 2. The molecule has 2 atom stereocenters. The summed E-state index contributed by atoms with van der Waals surface area (Å²) in [5, 5.41) is 3.50. The molecule has 0 spiro atoms. The Morgan fingerprint density at radius 3 is 2.80 bits per heavy atom. The van der Waals surface area contributed by atoms with Gasteiger partial charge in [0.2, 0.25) is 5.91 Å². The summed E-state index contributed by atoms with van der Waals surface area (Å²) in [7, 11) is 0. The number of thioether (sulfide) groups is 1. The van der Waals surface area contributed by atoms with Crippen molar-refractivity contribution in [3.63, 3.8) is 0 Å². The Kier molecular flexibility index (Phi) is 5.24. The summed E-state index contributed by atoms with van der Waals surface area (Å²) in [5.74, 6) is 3.68. The largest absolute Gasteiger partial charge is 0.342 e. The van der Waals surface area contributed by atoms with Gasteiger partial charge in [0.1, 0.15) is 0 Å². The summed E-state index contributed by atoms with van der Waals surface area (Å²) in [6, 6.07) is 0.571. The molecule has 0 radical (unpaired) electrons. The molecule has 0 bridgehead atoms. The van der Waals surface area contributed by atoms with Crippen LogP contribution in [0.3, 0.4) is 0 Å². The molecule has 1 aliphatic carbocycles. The molecule has 3 rings (SSSR count). The predicted molar refractivity (Wildman–Crippen MR) is 83.8 cm³/mol. The van der Waals surface area contributed by atoms with Crippen molar-refractivity contribution in [3.8, 4) is 0 Å². The fourth-order valence-electron chi connectivity index (χ4n) is 3.70. The fourth-order valence-corrected chi connectivity index (χ4v) is 4.71. The Labute approximate surface area is 126 Å². The number of carbonyl (C=O) groups excluding carboxylic acids is 1. The molecule has 3 fully saturated rings. The second-order valence-corrected chi connectivity index (χ2v) is 7.53. The minimum atomic E-state index is 0.307. The third-order valence-electron chi connectivity index (χ3n) is 4.88. The van der Waals surface area contributed by atoms with E-state index in [9.17, 15) is 4.79 Å². The molecular formula is C15H27N3OS. The van der Waals surface area contributed by atoms with E-state index in [1.807, 2.05) is 4.90 Å². The van der Waals surface area contributed by atoms with Crippen LogP contribution in [-0.4, -0.2) is 66.1 Å². The molecule has 1 saturated carbocycles. The average molecular weight is 297 g/mol. The maximum Gasteiger partial charge on any atom is 0.236 e. The summed E-state index contributed by atoms with van der Waals surface area (Å²) in [5.41, 5.74) is 0. The number of nitrogens with one attached hydrogen (secondary N) is 1. The maximum absolute atomic E-state index is 12.0. The van der Waals surface area contributed by atoms with Gasteiger partial charge in [0.25, 0.3) is 0 Å². The lowest BCUT2D eigenvalue weighted by Gasteiger charge is -2.20. The van der Waals surface area contributed by atoms with E-state index in [2.05, 4.69) is 22.0 Å². The van der Waals surface area contributed by atoms with Crippen LogP contribution in [0.25, 0.3) is 0 Å². The number of amides is 1. The van der Waals surface area contributed by atoms with Gasteiger partial charge in [-0.3, -0.25) is 9.69 Å². The lowest BCUT2D eigenvalue weighted by Crippen LogP contribution is -2.40. The molecule has 0 aromatic carbocycles. The van der Waals surface area contributed by atoms with E-state index in [0.717, 1.165) is 19.0 Å². The smallest absolute Gasteiger partial charge is 0.236 e. The summed E-state index contributed by atoms with van der Waals surface area (Å²) in [6.07, 6.45) is 6.21. The van der Waals surface area contributed by atoms with Gasteiger partial charge in [-0.25, -0.2) is 0 Å². The number of rotatable bonds is 5. The summed E-state index contributed by atoms with van der Waals surface area (Å²) < 4.78 is 0. The van der Waals surface area contributed by atoms with Gasteiger partial charge in [0, 0.05) is 43.9 Å². The molecule has 0 aromatic heterocycles. The highest BCUT2D eigenvalue weighted by molar-refractivity contribution is 7.99. The molecule has 2 saturated heterocycles. The maximum atomic E-state index is 12.0. The molecule has 20 heavy (non-hydrogen) atoms. The summed E-state index contributed by atoms with van der Waals surface area (Å²) in [4.78, 5) is 16.6. The van der Waals surface area contributed by atoms with Gasteiger partial charge in [-0.2, -0.15) is 0 Å². The minimum Gasteiger partial charge on any atom is -0.342 e. The summed E-state index contributed by atoms with van der Waals surface area (Å²) >= 11 is 2.05. The van der Waals surface area contributed by atoms with Crippen LogP contribution in [0.2, 0.25) is 0 Å². The normalized spacial score (nSPS) is 31.3. The van der Waals surface area contributed by atoms with Gasteiger partial charge in [0.15, 0.2) is 0 Å². The lowest BCUT2D eigenvalue weighted by atomic mass is 10.1. The van der Waals surface area contributed by atoms with E-state index >= 15 is 0 Å². The molecule has 4 nitrogen and oxygen atoms in total. The molecule has 2 heterocycles. The molecule has 114 valence electrons. The van der Waals surface area contributed by atoms with Crippen LogP contribution in [0.5, 0.6) is 0 Å². The third-order valence-corrected chi connectivity index (χ3v) is 5.90. The Balaban J connectivity index is 1.33. The van der Waals surface area contributed by atoms with Crippen LogP contribution in [0.4, 0.5) is 0 Å². The van der Waals surface area contributed by atoms with Gasteiger partial charge in [0.05, 0.1) is 6.54 Å². The Bertz CT molecular complexity index is 327. The van der Waals surface area contributed by atoms with Gasteiger partial charge in [-0.05, 0) is 38.0 Å². The van der Waals surface area contributed by atoms with Crippen LogP contribution in [0.1, 0.15) is 32.1 Å². The van der Waals surface area contributed by atoms with Crippen LogP contribution < -0.4 is 5.32 Å². The number of likely N-dealkylation sites (tertiary alicyclic amines) is 1. The van der Waals surface area contributed by atoms with Crippen LogP contribution in [0, 0.1) is 5.92 Å². The fraction of sp³-hybridized carbons (Fsp3) is 0.933. The molecule has 2 aliphatic heterocycles. The van der Waals surface area contributed by atoms with Crippen molar-refractivity contribution in [3.05, 3.63) is 0 Å². The van der Waals surface area contributed by atoms with Gasteiger partial charge >= 0.3 is 0 Å². The highest BCUT2D eigenvalue weighted by Gasteiger charge is 2.28. The molecule has 1 N–H and O–H groups in total. The average Bonchev–Trinajstić information content (AvgIpc) is 3.19. The molecule has 3 aliphatic rings. The van der Waals surface area contributed by atoms with E-state index in [4.69, 9.17) is 0 Å². The van der Waals surface area contributed by atoms with Crippen molar-refractivity contribution in [1.82, 2.24) is 15.1 Å². The number of carbonyl (C=O) groups is 1. The van der Waals surface area contributed by atoms with E-state index in [-0.39, 0.29) is 0 Å². The first-order valence-corrected chi connectivity index (χ1v) is 9.28. The molecular weight excluding hydrogens is 270 g/mol. The van der Waals surface area contributed by atoms with Crippen LogP contribution in [-0.2, 0) is 4.79 Å². The Hall–Kier alpha value is -0.260. The minimum absolute atomic E-state index is 0.307. The highest BCUT2D eigenvalue weighted by atomic mass is 32.2. The second kappa shape index (κ2) is 7.14.